The molecule has 154 valence electrons. The van der Waals surface area contributed by atoms with Gasteiger partial charge in [-0.25, -0.2) is 0 Å². The molecule has 0 saturated heterocycles. The van der Waals surface area contributed by atoms with Gasteiger partial charge < -0.3 is 9.64 Å². The Morgan fingerprint density at radius 3 is 2.65 bits per heavy atom. The van der Waals surface area contributed by atoms with Gasteiger partial charge in [0.1, 0.15) is 12.4 Å². The predicted octanol–water partition coefficient (Wildman–Crippen LogP) is 5.42. The minimum Gasteiger partial charge on any atom is -0.488 e. The molecule has 5 aromatic rings. The van der Waals surface area contributed by atoms with Crippen molar-refractivity contribution in [3.05, 3.63) is 90.3 Å². The molecule has 0 radical (unpaired) electrons. The van der Waals surface area contributed by atoms with Crippen molar-refractivity contribution in [3.8, 4) is 16.9 Å². The molecule has 2 heterocycles. The minimum atomic E-state index is 0.486. The van der Waals surface area contributed by atoms with Gasteiger partial charge in [0.25, 0.3) is 0 Å². The zero-order valence-corrected chi connectivity index (χ0v) is 17.7. The number of nitrogens with zero attached hydrogens (tertiary/aromatic N) is 3. The standard InChI is InChI=1S/C26H24N4O/c1-30(2)16-25-22-15-18(11-12-24(22)28-29-25)21-8-4-6-10-26(21)31-17-19-13-14-27-23-9-5-3-7-20(19)23/h3-15H,16-17H2,1-2H3,(H,28,29). The van der Waals surface area contributed by atoms with E-state index in [1.165, 1.54) is 0 Å². The molecule has 5 nitrogen and oxygen atoms in total. The number of nitrogens with one attached hydrogen (secondary N) is 1. The first kappa shape index (κ1) is 19.3. The highest BCUT2D eigenvalue weighted by Gasteiger charge is 2.12. The molecule has 0 aliphatic rings. The Bertz CT molecular complexity index is 1350. The van der Waals surface area contributed by atoms with E-state index >= 15 is 0 Å². The number of para-hydroxylation sites is 2. The number of benzene rings is 3. The van der Waals surface area contributed by atoms with E-state index in [1.54, 1.807) is 0 Å². The zero-order valence-electron chi connectivity index (χ0n) is 17.7. The van der Waals surface area contributed by atoms with E-state index in [0.717, 1.165) is 56.5 Å². The van der Waals surface area contributed by atoms with Crippen molar-refractivity contribution < 1.29 is 4.74 Å². The molecule has 0 bridgehead atoms. The molecule has 0 amide bonds. The molecule has 0 aliphatic carbocycles. The van der Waals surface area contributed by atoms with Crippen LogP contribution in [-0.4, -0.2) is 34.2 Å². The van der Waals surface area contributed by atoms with Crippen molar-refractivity contribution in [3.63, 3.8) is 0 Å². The summed E-state index contributed by atoms with van der Waals surface area (Å²) < 4.78 is 6.31. The van der Waals surface area contributed by atoms with E-state index in [9.17, 15) is 0 Å². The summed E-state index contributed by atoms with van der Waals surface area (Å²) >= 11 is 0. The molecule has 0 atom stereocenters. The summed E-state index contributed by atoms with van der Waals surface area (Å²) in [5.74, 6) is 0.861. The maximum absolute atomic E-state index is 6.31. The number of pyridine rings is 1. The Hall–Kier alpha value is -3.70. The Morgan fingerprint density at radius 2 is 1.74 bits per heavy atom. The quantitative estimate of drug-likeness (QED) is 0.408. The molecule has 1 N–H and O–H groups in total. The smallest absolute Gasteiger partial charge is 0.127 e. The molecule has 2 aromatic heterocycles. The van der Waals surface area contributed by atoms with Gasteiger partial charge >= 0.3 is 0 Å². The molecule has 5 rings (SSSR count). The molecule has 0 fully saturated rings. The van der Waals surface area contributed by atoms with Crippen molar-refractivity contribution in [1.82, 2.24) is 20.1 Å². The Morgan fingerprint density at radius 1 is 0.903 bits per heavy atom. The van der Waals surface area contributed by atoms with Gasteiger partial charge in [-0.1, -0.05) is 42.5 Å². The third-order valence-electron chi connectivity index (χ3n) is 5.43. The van der Waals surface area contributed by atoms with Crippen molar-refractivity contribution in [2.24, 2.45) is 0 Å². The average molecular weight is 409 g/mol. The topological polar surface area (TPSA) is 54.0 Å². The largest absolute Gasteiger partial charge is 0.488 e. The fourth-order valence-electron chi connectivity index (χ4n) is 3.92. The summed E-state index contributed by atoms with van der Waals surface area (Å²) in [5, 5.41) is 9.89. The van der Waals surface area contributed by atoms with Crippen molar-refractivity contribution in [2.75, 3.05) is 14.1 Å². The number of hydrogen-bond acceptors (Lipinski definition) is 4. The molecule has 3 aromatic carbocycles. The van der Waals surface area contributed by atoms with Crippen LogP contribution in [0.1, 0.15) is 11.3 Å². The maximum Gasteiger partial charge on any atom is 0.127 e. The van der Waals surface area contributed by atoms with Gasteiger partial charge in [-0.15, -0.1) is 0 Å². The number of aromatic amines is 1. The highest BCUT2D eigenvalue weighted by Crippen LogP contribution is 2.33. The van der Waals surface area contributed by atoms with E-state index in [4.69, 9.17) is 4.74 Å². The molecule has 0 aliphatic heterocycles. The number of rotatable bonds is 6. The van der Waals surface area contributed by atoms with Crippen LogP contribution < -0.4 is 4.74 Å². The lowest BCUT2D eigenvalue weighted by Crippen LogP contribution is -2.11. The second-order valence-corrected chi connectivity index (χ2v) is 7.94. The fraction of sp³-hybridized carbons (Fsp3) is 0.154. The van der Waals surface area contributed by atoms with Gasteiger partial charge in [0, 0.05) is 34.6 Å². The predicted molar refractivity (Wildman–Crippen MR) is 125 cm³/mol. The van der Waals surface area contributed by atoms with E-state index in [-0.39, 0.29) is 0 Å². The van der Waals surface area contributed by atoms with Gasteiger partial charge in [-0.3, -0.25) is 10.1 Å². The van der Waals surface area contributed by atoms with E-state index in [2.05, 4.69) is 64.5 Å². The molecule has 0 unspecified atom stereocenters. The van der Waals surface area contributed by atoms with Crippen LogP contribution >= 0.6 is 0 Å². The number of ether oxygens (including phenoxy) is 1. The average Bonchev–Trinajstić information content (AvgIpc) is 3.19. The Balaban J connectivity index is 1.48. The minimum absolute atomic E-state index is 0.486. The lowest BCUT2D eigenvalue weighted by molar-refractivity contribution is 0.309. The number of fused-ring (bicyclic) bond motifs is 2. The van der Waals surface area contributed by atoms with Crippen LogP contribution in [0.25, 0.3) is 32.9 Å². The molecule has 0 spiro atoms. The van der Waals surface area contributed by atoms with Crippen LogP contribution in [0.15, 0.2) is 79.0 Å². The number of aromatic nitrogens is 3. The van der Waals surface area contributed by atoms with Crippen molar-refractivity contribution >= 4 is 21.8 Å². The summed E-state index contributed by atoms with van der Waals surface area (Å²) in [6.45, 7) is 1.27. The normalized spacial score (nSPS) is 11.5. The van der Waals surface area contributed by atoms with Crippen LogP contribution in [0, 0.1) is 0 Å². The highest BCUT2D eigenvalue weighted by atomic mass is 16.5. The first-order valence-electron chi connectivity index (χ1n) is 10.4. The van der Waals surface area contributed by atoms with E-state index in [1.807, 2.05) is 48.7 Å². The van der Waals surface area contributed by atoms with Crippen LogP contribution in [0.4, 0.5) is 0 Å². The molecular weight excluding hydrogens is 384 g/mol. The first-order chi connectivity index (χ1) is 15.2. The van der Waals surface area contributed by atoms with E-state index in [0.29, 0.717) is 6.61 Å². The van der Waals surface area contributed by atoms with Gasteiger partial charge in [0.15, 0.2) is 0 Å². The van der Waals surface area contributed by atoms with Gasteiger partial charge in [-0.2, -0.15) is 5.10 Å². The van der Waals surface area contributed by atoms with Gasteiger partial charge in [-0.05, 0) is 50.0 Å². The van der Waals surface area contributed by atoms with Crippen molar-refractivity contribution in [1.29, 1.82) is 0 Å². The van der Waals surface area contributed by atoms with E-state index < -0.39 is 0 Å². The lowest BCUT2D eigenvalue weighted by Gasteiger charge is -2.13. The Kier molecular flexibility index (Phi) is 5.10. The highest BCUT2D eigenvalue weighted by molar-refractivity contribution is 5.87. The summed E-state index contributed by atoms with van der Waals surface area (Å²) in [5.41, 5.74) is 6.38. The molecule has 31 heavy (non-hydrogen) atoms. The summed E-state index contributed by atoms with van der Waals surface area (Å²) in [6.07, 6.45) is 1.84. The number of hydrogen-bond donors (Lipinski definition) is 1. The maximum atomic E-state index is 6.31. The third kappa shape index (κ3) is 3.88. The fourth-order valence-corrected chi connectivity index (χ4v) is 3.92. The SMILES string of the molecule is CN(C)Cc1n[nH]c2ccc(-c3ccccc3OCc3ccnc4ccccc34)cc12. The van der Waals surface area contributed by atoms with Crippen LogP contribution in [0.2, 0.25) is 0 Å². The lowest BCUT2D eigenvalue weighted by atomic mass is 10.0. The monoisotopic (exact) mass is 408 g/mol. The summed E-state index contributed by atoms with van der Waals surface area (Å²) in [4.78, 5) is 6.57. The second-order valence-electron chi connectivity index (χ2n) is 7.94. The number of H-pyrrole nitrogens is 1. The third-order valence-corrected chi connectivity index (χ3v) is 5.43. The molecule has 0 saturated carbocycles. The first-order valence-corrected chi connectivity index (χ1v) is 10.4. The van der Waals surface area contributed by atoms with Crippen LogP contribution in [0.3, 0.4) is 0 Å². The van der Waals surface area contributed by atoms with Crippen molar-refractivity contribution in [2.45, 2.75) is 13.2 Å². The summed E-state index contributed by atoms with van der Waals surface area (Å²) in [7, 11) is 4.10. The molecule has 5 heteroatoms. The van der Waals surface area contributed by atoms with Crippen LogP contribution in [-0.2, 0) is 13.2 Å². The Labute approximate surface area is 181 Å². The summed E-state index contributed by atoms with van der Waals surface area (Å²) in [6, 6.07) is 24.8. The van der Waals surface area contributed by atoms with Crippen LogP contribution in [0.5, 0.6) is 5.75 Å². The van der Waals surface area contributed by atoms with Gasteiger partial charge in [0.2, 0.25) is 0 Å². The van der Waals surface area contributed by atoms with Gasteiger partial charge in [0.05, 0.1) is 16.7 Å². The zero-order chi connectivity index (χ0) is 21.2. The second kappa shape index (κ2) is 8.20. The molecular formula is C26H24N4O.